The van der Waals surface area contributed by atoms with E-state index in [1.54, 1.807) is 32.4 Å². The molecule has 1 aliphatic carbocycles. The molecule has 21 heavy (non-hydrogen) atoms. The van der Waals surface area contributed by atoms with Gasteiger partial charge in [0.1, 0.15) is 11.5 Å². The zero-order chi connectivity index (χ0) is 15.2. The summed E-state index contributed by atoms with van der Waals surface area (Å²) in [5, 5.41) is 0. The predicted octanol–water partition coefficient (Wildman–Crippen LogP) is 3.50. The van der Waals surface area contributed by atoms with Crippen molar-refractivity contribution in [1.82, 2.24) is 4.90 Å². The Kier molecular flexibility index (Phi) is 5.48. The Bertz CT molecular complexity index is 479. The highest BCUT2D eigenvalue weighted by Gasteiger charge is 2.24. The second-order valence-corrected chi connectivity index (χ2v) is 5.63. The van der Waals surface area contributed by atoms with Crippen LogP contribution in [0.15, 0.2) is 18.2 Å². The third-order valence-electron chi connectivity index (χ3n) is 4.33. The van der Waals surface area contributed by atoms with Crippen LogP contribution >= 0.6 is 0 Å². The van der Waals surface area contributed by atoms with E-state index in [2.05, 4.69) is 0 Å². The van der Waals surface area contributed by atoms with Crippen LogP contribution < -0.4 is 9.47 Å². The van der Waals surface area contributed by atoms with Gasteiger partial charge < -0.3 is 14.4 Å². The molecule has 0 unspecified atom stereocenters. The lowest BCUT2D eigenvalue weighted by Gasteiger charge is -2.28. The summed E-state index contributed by atoms with van der Waals surface area (Å²) in [6, 6.07) is 5.68. The van der Waals surface area contributed by atoms with E-state index in [-0.39, 0.29) is 5.91 Å². The predicted molar refractivity (Wildman–Crippen MR) is 83.1 cm³/mol. The molecular weight excluding hydrogens is 266 g/mol. The van der Waals surface area contributed by atoms with Gasteiger partial charge in [-0.3, -0.25) is 4.79 Å². The van der Waals surface area contributed by atoms with E-state index in [1.165, 1.54) is 25.7 Å². The molecule has 116 valence electrons. The summed E-state index contributed by atoms with van der Waals surface area (Å²) in [5.74, 6) is 1.29. The normalized spacial score (nSPS) is 16.1. The number of carbonyl (C=O) groups is 1. The molecule has 1 amide bonds. The summed E-state index contributed by atoms with van der Waals surface area (Å²) >= 11 is 0. The maximum atomic E-state index is 12.7. The van der Waals surface area contributed by atoms with Crippen LogP contribution in [-0.4, -0.2) is 38.1 Å². The molecule has 1 aliphatic rings. The Morgan fingerprint density at radius 2 is 1.76 bits per heavy atom. The third-order valence-corrected chi connectivity index (χ3v) is 4.33. The van der Waals surface area contributed by atoms with Gasteiger partial charge in [0.05, 0.1) is 19.8 Å². The van der Waals surface area contributed by atoms with Gasteiger partial charge in [0.25, 0.3) is 5.91 Å². The highest BCUT2D eigenvalue weighted by atomic mass is 16.5. The first-order valence-corrected chi connectivity index (χ1v) is 7.66. The number of rotatable bonds is 4. The van der Waals surface area contributed by atoms with E-state index in [1.807, 2.05) is 11.9 Å². The van der Waals surface area contributed by atoms with Gasteiger partial charge in [-0.25, -0.2) is 0 Å². The molecule has 2 rings (SSSR count). The highest BCUT2D eigenvalue weighted by molar-refractivity contribution is 5.97. The summed E-state index contributed by atoms with van der Waals surface area (Å²) in [6.07, 6.45) is 7.18. The summed E-state index contributed by atoms with van der Waals surface area (Å²) < 4.78 is 10.5. The molecule has 1 fully saturated rings. The number of methoxy groups -OCH3 is 2. The highest BCUT2D eigenvalue weighted by Crippen LogP contribution is 2.28. The molecule has 0 bridgehead atoms. The van der Waals surface area contributed by atoms with Crippen LogP contribution in [0.3, 0.4) is 0 Å². The van der Waals surface area contributed by atoms with E-state index in [0.717, 1.165) is 12.8 Å². The largest absolute Gasteiger partial charge is 0.497 e. The molecule has 1 aromatic rings. The number of amides is 1. The van der Waals surface area contributed by atoms with E-state index in [0.29, 0.717) is 23.1 Å². The van der Waals surface area contributed by atoms with E-state index in [4.69, 9.17) is 9.47 Å². The quantitative estimate of drug-likeness (QED) is 0.797. The number of hydrogen-bond donors (Lipinski definition) is 0. The van der Waals surface area contributed by atoms with Crippen molar-refractivity contribution in [3.05, 3.63) is 23.8 Å². The average molecular weight is 291 g/mol. The number of nitrogens with zero attached hydrogens (tertiary/aromatic N) is 1. The van der Waals surface area contributed by atoms with Gasteiger partial charge in [-0.2, -0.15) is 0 Å². The molecule has 0 aliphatic heterocycles. The van der Waals surface area contributed by atoms with Crippen LogP contribution in [0.5, 0.6) is 11.5 Å². The maximum absolute atomic E-state index is 12.7. The number of ether oxygens (including phenoxy) is 2. The Labute approximate surface area is 127 Å². The lowest BCUT2D eigenvalue weighted by molar-refractivity contribution is 0.0714. The van der Waals surface area contributed by atoms with Gasteiger partial charge in [0, 0.05) is 19.2 Å². The fourth-order valence-electron chi connectivity index (χ4n) is 2.98. The standard InChI is InChI=1S/C17H25NO3/c1-18(13-8-6-4-5-7-9-13)17(19)15-11-10-14(20-2)12-16(15)21-3/h10-13H,4-9H2,1-3H3. The molecule has 0 saturated heterocycles. The Hall–Kier alpha value is -1.71. The van der Waals surface area contributed by atoms with E-state index >= 15 is 0 Å². The molecule has 0 N–H and O–H groups in total. The third kappa shape index (κ3) is 3.69. The van der Waals surface area contributed by atoms with Crippen LogP contribution in [-0.2, 0) is 0 Å². The van der Waals surface area contributed by atoms with Gasteiger partial charge in [0.2, 0.25) is 0 Å². The van der Waals surface area contributed by atoms with Crippen LogP contribution in [0.4, 0.5) is 0 Å². The zero-order valence-corrected chi connectivity index (χ0v) is 13.2. The lowest BCUT2D eigenvalue weighted by atomic mass is 10.1. The lowest BCUT2D eigenvalue weighted by Crippen LogP contribution is -2.36. The van der Waals surface area contributed by atoms with Crippen molar-refractivity contribution in [2.45, 2.75) is 44.6 Å². The topological polar surface area (TPSA) is 38.8 Å². The Morgan fingerprint density at radius 1 is 1.10 bits per heavy atom. The second kappa shape index (κ2) is 7.34. The smallest absolute Gasteiger partial charge is 0.257 e. The molecule has 4 heteroatoms. The molecule has 1 aromatic carbocycles. The maximum Gasteiger partial charge on any atom is 0.257 e. The number of hydrogen-bond acceptors (Lipinski definition) is 3. The Morgan fingerprint density at radius 3 is 2.33 bits per heavy atom. The first kappa shape index (κ1) is 15.7. The number of carbonyl (C=O) groups excluding carboxylic acids is 1. The zero-order valence-electron chi connectivity index (χ0n) is 13.2. The minimum atomic E-state index is 0.0291. The molecule has 0 spiro atoms. The molecule has 0 heterocycles. The molecule has 1 saturated carbocycles. The van der Waals surface area contributed by atoms with E-state index in [9.17, 15) is 4.79 Å². The molecular formula is C17H25NO3. The summed E-state index contributed by atoms with van der Waals surface area (Å²) in [4.78, 5) is 14.6. The molecule has 0 radical (unpaired) electrons. The second-order valence-electron chi connectivity index (χ2n) is 5.63. The van der Waals surface area contributed by atoms with Crippen LogP contribution in [0.25, 0.3) is 0 Å². The van der Waals surface area contributed by atoms with Gasteiger partial charge in [-0.05, 0) is 25.0 Å². The van der Waals surface area contributed by atoms with Crippen LogP contribution in [0.2, 0.25) is 0 Å². The SMILES string of the molecule is COc1ccc(C(=O)N(C)C2CCCCCC2)c(OC)c1. The van der Waals surface area contributed by atoms with Crippen molar-refractivity contribution in [3.63, 3.8) is 0 Å². The minimum Gasteiger partial charge on any atom is -0.497 e. The van der Waals surface area contributed by atoms with Gasteiger partial charge >= 0.3 is 0 Å². The molecule has 4 nitrogen and oxygen atoms in total. The van der Waals surface area contributed by atoms with Gasteiger partial charge in [-0.15, -0.1) is 0 Å². The van der Waals surface area contributed by atoms with E-state index < -0.39 is 0 Å². The van der Waals surface area contributed by atoms with Crippen molar-refractivity contribution in [2.75, 3.05) is 21.3 Å². The fraction of sp³-hybridized carbons (Fsp3) is 0.588. The fourth-order valence-corrected chi connectivity index (χ4v) is 2.98. The van der Waals surface area contributed by atoms with Crippen molar-refractivity contribution in [3.8, 4) is 11.5 Å². The van der Waals surface area contributed by atoms with Gasteiger partial charge in [-0.1, -0.05) is 25.7 Å². The molecule has 0 aromatic heterocycles. The average Bonchev–Trinajstić information content (AvgIpc) is 2.82. The summed E-state index contributed by atoms with van der Waals surface area (Å²) in [7, 11) is 5.09. The van der Waals surface area contributed by atoms with Crippen LogP contribution in [0, 0.1) is 0 Å². The molecule has 0 atom stereocenters. The first-order chi connectivity index (χ1) is 10.2. The van der Waals surface area contributed by atoms with Crippen LogP contribution in [0.1, 0.15) is 48.9 Å². The van der Waals surface area contributed by atoms with Crippen molar-refractivity contribution >= 4 is 5.91 Å². The van der Waals surface area contributed by atoms with Crippen molar-refractivity contribution < 1.29 is 14.3 Å². The van der Waals surface area contributed by atoms with Crippen molar-refractivity contribution in [1.29, 1.82) is 0 Å². The minimum absolute atomic E-state index is 0.0291. The monoisotopic (exact) mass is 291 g/mol. The van der Waals surface area contributed by atoms with Crippen molar-refractivity contribution in [2.24, 2.45) is 0 Å². The summed E-state index contributed by atoms with van der Waals surface area (Å²) in [6.45, 7) is 0. The Balaban J connectivity index is 2.18. The first-order valence-electron chi connectivity index (χ1n) is 7.66. The van der Waals surface area contributed by atoms with Gasteiger partial charge in [0.15, 0.2) is 0 Å². The number of benzene rings is 1. The summed E-state index contributed by atoms with van der Waals surface area (Å²) in [5.41, 5.74) is 0.602.